The second-order valence-corrected chi connectivity index (χ2v) is 15.1. The average Bonchev–Trinajstić information content (AvgIpc) is 3.32. The van der Waals surface area contributed by atoms with Crippen LogP contribution in [-0.2, 0) is 6.54 Å². The van der Waals surface area contributed by atoms with Gasteiger partial charge in [-0.25, -0.2) is 0 Å². The highest BCUT2D eigenvalue weighted by molar-refractivity contribution is 6.10. The Morgan fingerprint density at radius 2 is 1.08 bits per heavy atom. The summed E-state index contributed by atoms with van der Waals surface area (Å²) in [6.07, 6.45) is 12.0. The predicted molar refractivity (Wildman–Crippen MR) is 261 cm³/mol. The zero-order valence-electron chi connectivity index (χ0n) is 34.5. The molecule has 0 radical (unpaired) electrons. The standard InChI is InChI=1S/C58H49N3/c1-3-4-5-6-18-38-61(57-29-19-27-48-24-16-17-28-55(48)57)54-36-34-47(35-37-54)53-40-51(45-22-12-8-13-23-45)39-52(41-53)46-30-32-49(33-31-46)56(59)42-58(50-25-14-9-15-26-50)60(2)43-44-20-10-7-11-21-44/h3-37,39-42,59H,1,38,43H2,2H3/b5-4-,18-6-,58-42-,59-56?. The Balaban J connectivity index is 1.11. The molecule has 296 valence electrons. The van der Waals surface area contributed by atoms with Crippen molar-refractivity contribution in [3.8, 4) is 33.4 Å². The molecule has 0 aliphatic heterocycles. The van der Waals surface area contributed by atoms with E-state index in [1.165, 1.54) is 27.6 Å². The van der Waals surface area contributed by atoms with E-state index in [0.717, 1.165) is 56.9 Å². The van der Waals surface area contributed by atoms with Crippen LogP contribution in [0.5, 0.6) is 0 Å². The summed E-state index contributed by atoms with van der Waals surface area (Å²) in [5.41, 5.74) is 13.7. The second kappa shape index (κ2) is 19.3. The van der Waals surface area contributed by atoms with Crippen molar-refractivity contribution in [1.82, 2.24) is 4.90 Å². The fourth-order valence-electron chi connectivity index (χ4n) is 7.79. The van der Waals surface area contributed by atoms with Gasteiger partial charge in [0.2, 0.25) is 0 Å². The Morgan fingerprint density at radius 1 is 0.525 bits per heavy atom. The Bertz CT molecular complexity index is 2810. The third-order valence-corrected chi connectivity index (χ3v) is 10.9. The first-order valence-corrected chi connectivity index (χ1v) is 20.8. The number of hydrogen-bond acceptors (Lipinski definition) is 3. The van der Waals surface area contributed by atoms with Crippen LogP contribution in [0.3, 0.4) is 0 Å². The fraction of sp³-hybridized carbons (Fsp3) is 0.0517. The van der Waals surface area contributed by atoms with Crippen molar-refractivity contribution in [2.24, 2.45) is 0 Å². The van der Waals surface area contributed by atoms with E-state index in [1.807, 2.05) is 30.4 Å². The summed E-state index contributed by atoms with van der Waals surface area (Å²) in [6.45, 7) is 5.25. The number of hydrogen-bond donors (Lipinski definition) is 1. The molecule has 0 atom stereocenters. The van der Waals surface area contributed by atoms with Gasteiger partial charge in [-0.3, -0.25) is 0 Å². The van der Waals surface area contributed by atoms with Gasteiger partial charge in [0.1, 0.15) is 0 Å². The maximum absolute atomic E-state index is 9.24. The third kappa shape index (κ3) is 9.76. The smallest absolute Gasteiger partial charge is 0.0633 e. The molecule has 0 aliphatic rings. The van der Waals surface area contributed by atoms with E-state index in [2.05, 4.69) is 224 Å². The fourth-order valence-corrected chi connectivity index (χ4v) is 7.79. The molecule has 0 aliphatic carbocycles. The Labute approximate surface area is 360 Å². The summed E-state index contributed by atoms with van der Waals surface area (Å²) in [6, 6.07) is 70.7. The molecule has 8 rings (SSSR count). The van der Waals surface area contributed by atoms with E-state index in [1.54, 1.807) is 6.08 Å². The number of nitrogens with one attached hydrogen (secondary N) is 1. The predicted octanol–water partition coefficient (Wildman–Crippen LogP) is 14.8. The maximum atomic E-state index is 9.24. The van der Waals surface area contributed by atoms with E-state index in [4.69, 9.17) is 0 Å². The summed E-state index contributed by atoms with van der Waals surface area (Å²) < 4.78 is 0. The van der Waals surface area contributed by atoms with Gasteiger partial charge in [0.15, 0.2) is 0 Å². The number of rotatable bonds is 15. The van der Waals surface area contributed by atoms with E-state index < -0.39 is 0 Å². The van der Waals surface area contributed by atoms with Crippen molar-refractivity contribution in [2.45, 2.75) is 6.54 Å². The van der Waals surface area contributed by atoms with Gasteiger partial charge < -0.3 is 15.2 Å². The average molecular weight is 788 g/mol. The normalized spacial score (nSPS) is 11.6. The minimum Gasteiger partial charge on any atom is -0.370 e. The molecule has 0 unspecified atom stereocenters. The highest BCUT2D eigenvalue weighted by Gasteiger charge is 2.15. The molecule has 8 aromatic rings. The van der Waals surface area contributed by atoms with Crippen LogP contribution >= 0.6 is 0 Å². The van der Waals surface area contributed by atoms with Gasteiger partial charge >= 0.3 is 0 Å². The Kier molecular flexibility index (Phi) is 12.7. The lowest BCUT2D eigenvalue weighted by Gasteiger charge is -2.25. The molecule has 0 amide bonds. The maximum Gasteiger partial charge on any atom is 0.0633 e. The van der Waals surface area contributed by atoms with E-state index >= 15 is 0 Å². The van der Waals surface area contributed by atoms with Crippen molar-refractivity contribution in [3.63, 3.8) is 0 Å². The third-order valence-electron chi connectivity index (χ3n) is 10.9. The van der Waals surface area contributed by atoms with Gasteiger partial charge in [0.05, 0.1) is 5.71 Å². The van der Waals surface area contributed by atoms with Gasteiger partial charge in [0, 0.05) is 42.6 Å². The quantitative estimate of drug-likeness (QED) is 0.0828. The van der Waals surface area contributed by atoms with Gasteiger partial charge in [0.25, 0.3) is 0 Å². The molecule has 1 N–H and O–H groups in total. The number of fused-ring (bicyclic) bond motifs is 1. The van der Waals surface area contributed by atoms with Gasteiger partial charge in [-0.15, -0.1) is 0 Å². The van der Waals surface area contributed by atoms with E-state index in [-0.39, 0.29) is 0 Å². The molecule has 0 heterocycles. The Morgan fingerprint density at radius 3 is 1.74 bits per heavy atom. The molecular formula is C58H49N3. The van der Waals surface area contributed by atoms with Crippen molar-refractivity contribution < 1.29 is 0 Å². The van der Waals surface area contributed by atoms with Gasteiger partial charge in [-0.1, -0.05) is 201 Å². The molecule has 61 heavy (non-hydrogen) atoms. The lowest BCUT2D eigenvalue weighted by Crippen LogP contribution is -2.17. The zero-order valence-corrected chi connectivity index (χ0v) is 34.5. The monoisotopic (exact) mass is 787 g/mol. The first-order chi connectivity index (χ1) is 30.0. The Hall–Kier alpha value is -7.75. The van der Waals surface area contributed by atoms with Crippen LogP contribution in [0.4, 0.5) is 11.4 Å². The summed E-state index contributed by atoms with van der Waals surface area (Å²) >= 11 is 0. The minimum atomic E-state index is 0.463. The number of allylic oxidation sites excluding steroid dienone is 5. The molecule has 0 saturated carbocycles. The summed E-state index contributed by atoms with van der Waals surface area (Å²) in [4.78, 5) is 4.59. The van der Waals surface area contributed by atoms with E-state index in [0.29, 0.717) is 12.3 Å². The first-order valence-electron chi connectivity index (χ1n) is 20.8. The highest BCUT2D eigenvalue weighted by atomic mass is 15.1. The van der Waals surface area contributed by atoms with Crippen LogP contribution in [0.2, 0.25) is 0 Å². The molecule has 0 fully saturated rings. The number of anilines is 2. The zero-order chi connectivity index (χ0) is 41.8. The number of benzene rings is 8. The van der Waals surface area contributed by atoms with Gasteiger partial charge in [-0.2, -0.15) is 0 Å². The summed E-state index contributed by atoms with van der Waals surface area (Å²) in [7, 11) is 2.09. The van der Waals surface area contributed by atoms with Crippen molar-refractivity contribution in [1.29, 1.82) is 5.41 Å². The lowest BCUT2D eigenvalue weighted by atomic mass is 9.92. The largest absolute Gasteiger partial charge is 0.370 e. The van der Waals surface area contributed by atoms with Crippen molar-refractivity contribution in [3.05, 3.63) is 260 Å². The van der Waals surface area contributed by atoms with Crippen LogP contribution < -0.4 is 4.90 Å². The molecule has 0 saturated heterocycles. The lowest BCUT2D eigenvalue weighted by molar-refractivity contribution is 0.475. The van der Waals surface area contributed by atoms with Crippen molar-refractivity contribution >= 4 is 33.6 Å². The molecule has 3 heteroatoms. The molecule has 0 spiro atoms. The molecule has 8 aromatic carbocycles. The first kappa shape index (κ1) is 40.0. The molecular weight excluding hydrogens is 739 g/mol. The minimum absolute atomic E-state index is 0.463. The van der Waals surface area contributed by atoms with Crippen LogP contribution in [0.1, 0.15) is 16.7 Å². The highest BCUT2D eigenvalue weighted by Crippen LogP contribution is 2.36. The number of nitrogens with zero attached hydrogens (tertiary/aromatic N) is 2. The molecule has 0 bridgehead atoms. The van der Waals surface area contributed by atoms with Crippen LogP contribution in [0.25, 0.3) is 49.9 Å². The SMILES string of the molecule is C=C/C=C\C=C/CN(c1ccc(-c2cc(-c3ccccc3)cc(-c3ccc(C(=N)/C=C(/c4ccccc4)N(C)Cc4ccccc4)cc3)c2)cc1)c1cccc2ccccc12. The second-order valence-electron chi connectivity index (χ2n) is 15.1. The summed E-state index contributed by atoms with van der Waals surface area (Å²) in [5, 5.41) is 11.7. The molecule has 0 aromatic heterocycles. The van der Waals surface area contributed by atoms with E-state index in [9.17, 15) is 5.41 Å². The van der Waals surface area contributed by atoms with Crippen LogP contribution in [-0.4, -0.2) is 24.2 Å². The van der Waals surface area contributed by atoms with Gasteiger partial charge in [-0.05, 0) is 97.9 Å². The molecule has 3 nitrogen and oxygen atoms in total. The topological polar surface area (TPSA) is 30.3 Å². The van der Waals surface area contributed by atoms with Crippen molar-refractivity contribution in [2.75, 3.05) is 18.5 Å². The van der Waals surface area contributed by atoms with Crippen LogP contribution in [0.15, 0.2) is 243 Å². The van der Waals surface area contributed by atoms with Crippen LogP contribution in [0, 0.1) is 5.41 Å². The summed E-state index contributed by atoms with van der Waals surface area (Å²) in [5.74, 6) is 0.